The Labute approximate surface area is 205 Å². The number of rotatable bonds is 7. The molecule has 2 N–H and O–H groups in total. The van der Waals surface area contributed by atoms with Crippen molar-refractivity contribution in [1.82, 2.24) is 14.9 Å². The molecule has 0 aliphatic carbocycles. The van der Waals surface area contributed by atoms with Gasteiger partial charge in [-0.1, -0.05) is 48.5 Å². The summed E-state index contributed by atoms with van der Waals surface area (Å²) < 4.78 is 2.29. The minimum absolute atomic E-state index is 0.123. The van der Waals surface area contributed by atoms with Crippen LogP contribution in [0.25, 0.3) is 11.4 Å². The van der Waals surface area contributed by atoms with Crippen LogP contribution >= 0.6 is 0 Å². The van der Waals surface area contributed by atoms with Crippen molar-refractivity contribution in [2.75, 3.05) is 5.32 Å². The molecule has 3 aromatic carbocycles. The molecule has 4 aromatic rings. The van der Waals surface area contributed by atoms with Gasteiger partial charge in [-0.2, -0.15) is 0 Å². The summed E-state index contributed by atoms with van der Waals surface area (Å²) >= 11 is 0. The summed E-state index contributed by atoms with van der Waals surface area (Å²) in [6.45, 7) is 0.999. The minimum atomic E-state index is -0.445. The van der Waals surface area contributed by atoms with Crippen LogP contribution in [-0.2, 0) is 17.8 Å². The fourth-order valence-electron chi connectivity index (χ4n) is 4.54. The first-order chi connectivity index (χ1) is 17.2. The number of carbonyl (C=O) groups is 2. The van der Waals surface area contributed by atoms with Crippen LogP contribution in [0.5, 0.6) is 0 Å². The second-order valence-electron chi connectivity index (χ2n) is 8.81. The van der Waals surface area contributed by atoms with Gasteiger partial charge < -0.3 is 15.2 Å². The number of hydrogen-bond donors (Lipinski definition) is 2. The van der Waals surface area contributed by atoms with E-state index < -0.39 is 6.04 Å². The molecule has 2 heterocycles. The number of fused-ring (bicyclic) bond motifs is 1. The standard InChI is InChI=1S/C29H28N4O2/c34-27(19-26(21-9-3-1-4-10-21)32-29(35)23-11-5-2-6-12-23)31-24-16-14-22(15-17-24)28-30-20-25-13-7-8-18-33(25)28/h1-6,9-12,14-17,20,26H,7-8,13,18-19H2,(H,31,34)(H,32,35). The highest BCUT2D eigenvalue weighted by Crippen LogP contribution is 2.26. The molecule has 2 amide bonds. The van der Waals surface area contributed by atoms with Gasteiger partial charge in [-0.25, -0.2) is 4.98 Å². The lowest BCUT2D eigenvalue weighted by Crippen LogP contribution is -2.31. The molecule has 1 atom stereocenters. The van der Waals surface area contributed by atoms with Gasteiger partial charge in [0.2, 0.25) is 5.91 Å². The SMILES string of the molecule is O=C(CC(NC(=O)c1ccccc1)c1ccccc1)Nc1ccc(-c2ncc3n2CCCC3)cc1. The fraction of sp³-hybridized carbons (Fsp3) is 0.207. The predicted molar refractivity (Wildman–Crippen MR) is 137 cm³/mol. The molecule has 0 radical (unpaired) electrons. The number of anilines is 1. The smallest absolute Gasteiger partial charge is 0.251 e. The summed E-state index contributed by atoms with van der Waals surface area (Å²) in [6.07, 6.45) is 5.56. The van der Waals surface area contributed by atoms with Gasteiger partial charge in [0.15, 0.2) is 0 Å². The fourth-order valence-corrected chi connectivity index (χ4v) is 4.54. The summed E-state index contributed by atoms with van der Waals surface area (Å²) in [5, 5.41) is 5.98. The van der Waals surface area contributed by atoms with Crippen LogP contribution in [0.3, 0.4) is 0 Å². The van der Waals surface area contributed by atoms with E-state index in [-0.39, 0.29) is 18.2 Å². The third kappa shape index (κ3) is 5.32. The first-order valence-corrected chi connectivity index (χ1v) is 12.0. The van der Waals surface area contributed by atoms with Crippen LogP contribution in [0.1, 0.15) is 46.9 Å². The van der Waals surface area contributed by atoms with Gasteiger partial charge in [0.05, 0.1) is 12.5 Å². The van der Waals surface area contributed by atoms with Gasteiger partial charge in [0.1, 0.15) is 5.82 Å². The number of amides is 2. The third-order valence-corrected chi connectivity index (χ3v) is 6.36. The number of hydrogen-bond acceptors (Lipinski definition) is 3. The van der Waals surface area contributed by atoms with Crippen LogP contribution in [0, 0.1) is 0 Å². The highest BCUT2D eigenvalue weighted by Gasteiger charge is 2.20. The highest BCUT2D eigenvalue weighted by atomic mass is 16.2. The quantitative estimate of drug-likeness (QED) is 0.385. The molecule has 0 spiro atoms. The Bertz CT molecular complexity index is 1300. The monoisotopic (exact) mass is 464 g/mol. The number of benzene rings is 3. The number of carbonyl (C=O) groups excluding carboxylic acids is 2. The zero-order valence-electron chi connectivity index (χ0n) is 19.5. The van der Waals surface area contributed by atoms with E-state index in [0.717, 1.165) is 29.9 Å². The van der Waals surface area contributed by atoms with Crippen molar-refractivity contribution in [2.24, 2.45) is 0 Å². The average Bonchev–Trinajstić information content (AvgIpc) is 3.34. The van der Waals surface area contributed by atoms with E-state index in [4.69, 9.17) is 0 Å². The Kier molecular flexibility index (Phi) is 6.70. The van der Waals surface area contributed by atoms with Gasteiger partial charge in [-0.15, -0.1) is 0 Å². The van der Waals surface area contributed by atoms with Crippen LogP contribution in [0.15, 0.2) is 91.1 Å². The molecule has 0 bridgehead atoms. The first-order valence-electron chi connectivity index (χ1n) is 12.0. The van der Waals surface area contributed by atoms with E-state index in [9.17, 15) is 9.59 Å². The molecule has 0 fully saturated rings. The van der Waals surface area contributed by atoms with Gasteiger partial charge >= 0.3 is 0 Å². The van der Waals surface area contributed by atoms with Gasteiger partial charge in [-0.3, -0.25) is 9.59 Å². The van der Waals surface area contributed by atoms with Crippen molar-refractivity contribution in [3.8, 4) is 11.4 Å². The average molecular weight is 465 g/mol. The molecule has 176 valence electrons. The zero-order valence-corrected chi connectivity index (χ0v) is 19.5. The lowest BCUT2D eigenvalue weighted by atomic mass is 10.0. The molecule has 1 aliphatic heterocycles. The maximum absolute atomic E-state index is 12.9. The van der Waals surface area contributed by atoms with Crippen LogP contribution in [0.2, 0.25) is 0 Å². The Morgan fingerprint density at radius 1 is 0.886 bits per heavy atom. The summed E-state index contributed by atoms with van der Waals surface area (Å²) in [5.41, 5.74) is 4.48. The number of aromatic nitrogens is 2. The molecule has 35 heavy (non-hydrogen) atoms. The molecule has 1 unspecified atom stereocenters. The number of nitrogens with zero attached hydrogens (tertiary/aromatic N) is 2. The maximum Gasteiger partial charge on any atom is 0.251 e. The maximum atomic E-state index is 12.9. The van der Waals surface area contributed by atoms with Gasteiger partial charge in [-0.05, 0) is 61.2 Å². The Morgan fingerprint density at radius 3 is 2.34 bits per heavy atom. The van der Waals surface area contributed by atoms with Crippen LogP contribution in [-0.4, -0.2) is 21.4 Å². The third-order valence-electron chi connectivity index (χ3n) is 6.36. The van der Waals surface area contributed by atoms with Gasteiger partial charge in [0.25, 0.3) is 5.91 Å². The Balaban J connectivity index is 1.27. The summed E-state index contributed by atoms with van der Waals surface area (Å²) in [4.78, 5) is 30.3. The molecule has 0 saturated heterocycles. The van der Waals surface area contributed by atoms with Crippen molar-refractivity contribution >= 4 is 17.5 Å². The van der Waals surface area contributed by atoms with E-state index in [1.807, 2.05) is 79.0 Å². The minimum Gasteiger partial charge on any atom is -0.345 e. The lowest BCUT2D eigenvalue weighted by Gasteiger charge is -2.19. The van der Waals surface area contributed by atoms with E-state index in [1.54, 1.807) is 12.1 Å². The van der Waals surface area contributed by atoms with E-state index >= 15 is 0 Å². The van der Waals surface area contributed by atoms with Crippen molar-refractivity contribution in [2.45, 2.75) is 38.3 Å². The molecule has 6 heteroatoms. The number of imidazole rings is 1. The lowest BCUT2D eigenvalue weighted by molar-refractivity contribution is -0.116. The molecular weight excluding hydrogens is 436 g/mol. The molecule has 1 aliphatic rings. The van der Waals surface area contributed by atoms with Crippen molar-refractivity contribution in [3.63, 3.8) is 0 Å². The number of aryl methyl sites for hydroxylation is 1. The summed E-state index contributed by atoms with van der Waals surface area (Å²) in [7, 11) is 0. The van der Waals surface area contributed by atoms with Crippen molar-refractivity contribution < 1.29 is 9.59 Å². The second kappa shape index (κ2) is 10.4. The predicted octanol–water partition coefficient (Wildman–Crippen LogP) is 5.39. The largest absolute Gasteiger partial charge is 0.345 e. The van der Waals surface area contributed by atoms with Gasteiger partial charge in [0, 0.05) is 35.2 Å². The second-order valence-corrected chi connectivity index (χ2v) is 8.81. The Hall–Kier alpha value is -4.19. The first kappa shape index (κ1) is 22.6. The van der Waals surface area contributed by atoms with Crippen LogP contribution in [0.4, 0.5) is 5.69 Å². The normalized spacial score (nSPS) is 13.5. The zero-order chi connectivity index (χ0) is 24.0. The highest BCUT2D eigenvalue weighted by molar-refractivity contribution is 5.96. The number of nitrogens with one attached hydrogen (secondary N) is 2. The molecule has 5 rings (SSSR count). The summed E-state index contributed by atoms with van der Waals surface area (Å²) in [5.74, 6) is 0.600. The Morgan fingerprint density at radius 2 is 1.60 bits per heavy atom. The van der Waals surface area contributed by atoms with Crippen molar-refractivity contribution in [1.29, 1.82) is 0 Å². The molecule has 0 saturated carbocycles. The van der Waals surface area contributed by atoms with E-state index in [2.05, 4.69) is 20.2 Å². The van der Waals surface area contributed by atoms with Crippen LogP contribution < -0.4 is 10.6 Å². The van der Waals surface area contributed by atoms with E-state index in [1.165, 1.54) is 18.5 Å². The molecule has 6 nitrogen and oxygen atoms in total. The molecule has 1 aromatic heterocycles. The molecular formula is C29H28N4O2. The topological polar surface area (TPSA) is 76.0 Å². The summed E-state index contributed by atoms with van der Waals surface area (Å²) in [6, 6.07) is 25.9. The van der Waals surface area contributed by atoms with Crippen molar-refractivity contribution in [3.05, 3.63) is 108 Å². The van der Waals surface area contributed by atoms with E-state index in [0.29, 0.717) is 11.3 Å².